The molecule has 4 nitrogen and oxygen atoms in total. The van der Waals surface area contributed by atoms with Crippen molar-refractivity contribution >= 4 is 5.97 Å². The molecule has 74 valence electrons. The summed E-state index contributed by atoms with van der Waals surface area (Å²) >= 11 is 0. The lowest BCUT2D eigenvalue weighted by molar-refractivity contribution is -0.134. The maximum Gasteiger partial charge on any atom is 0.300 e. The van der Waals surface area contributed by atoms with Gasteiger partial charge in [-0.1, -0.05) is 13.8 Å². The van der Waals surface area contributed by atoms with Crippen molar-refractivity contribution in [2.45, 2.75) is 33.3 Å². The summed E-state index contributed by atoms with van der Waals surface area (Å²) in [6.07, 6.45) is 0.172. The Morgan fingerprint density at radius 3 is 1.83 bits per heavy atom. The molecule has 0 aromatic carbocycles. The quantitative estimate of drug-likeness (QED) is 0.587. The molecule has 0 saturated heterocycles. The van der Waals surface area contributed by atoms with Crippen LogP contribution in [0.4, 0.5) is 0 Å². The van der Waals surface area contributed by atoms with E-state index in [9.17, 15) is 0 Å². The number of aliphatic hydroxyl groups excluding tert-OH is 2. The van der Waals surface area contributed by atoms with Crippen LogP contribution in [-0.4, -0.2) is 34.0 Å². The lowest BCUT2D eigenvalue weighted by Gasteiger charge is -2.08. The fraction of sp³-hybridized carbons (Fsp3) is 0.875. The largest absolute Gasteiger partial charge is 0.481 e. The number of hydrogen-bond donors (Lipinski definition) is 3. The minimum atomic E-state index is -0.833. The van der Waals surface area contributed by atoms with Gasteiger partial charge in [-0.05, 0) is 12.3 Å². The van der Waals surface area contributed by atoms with Crippen molar-refractivity contribution in [2.24, 2.45) is 5.92 Å². The number of hydrogen-bond acceptors (Lipinski definition) is 3. The van der Waals surface area contributed by atoms with Crippen LogP contribution in [0.15, 0.2) is 0 Å². The van der Waals surface area contributed by atoms with Crippen molar-refractivity contribution in [1.82, 2.24) is 0 Å². The van der Waals surface area contributed by atoms with Gasteiger partial charge in [-0.3, -0.25) is 4.79 Å². The van der Waals surface area contributed by atoms with Gasteiger partial charge in [0.25, 0.3) is 5.97 Å². The molecule has 0 aliphatic heterocycles. The second-order valence-electron chi connectivity index (χ2n) is 2.98. The van der Waals surface area contributed by atoms with E-state index in [1.807, 2.05) is 13.8 Å². The van der Waals surface area contributed by atoms with Crippen LogP contribution >= 0.6 is 0 Å². The predicted molar refractivity (Wildman–Crippen MR) is 45.9 cm³/mol. The number of aliphatic carboxylic acids is 1. The Balaban J connectivity index is 0. The third-order valence-corrected chi connectivity index (χ3v) is 0.954. The molecule has 3 N–H and O–H groups in total. The Morgan fingerprint density at radius 2 is 1.75 bits per heavy atom. The highest BCUT2D eigenvalue weighted by Crippen LogP contribution is 2.02. The maximum atomic E-state index is 9.00. The summed E-state index contributed by atoms with van der Waals surface area (Å²) < 4.78 is 0. The Morgan fingerprint density at radius 1 is 1.42 bits per heavy atom. The van der Waals surface area contributed by atoms with Gasteiger partial charge in [0.2, 0.25) is 0 Å². The molecule has 0 rings (SSSR count). The third kappa shape index (κ3) is 22.8. The van der Waals surface area contributed by atoms with Crippen LogP contribution in [0.5, 0.6) is 0 Å². The molecule has 4 heteroatoms. The van der Waals surface area contributed by atoms with Gasteiger partial charge in [0, 0.05) is 6.92 Å². The first kappa shape index (κ1) is 13.9. The fourth-order valence-corrected chi connectivity index (χ4v) is 0.619. The molecular formula is C8H18O4. The molecular weight excluding hydrogens is 160 g/mol. The van der Waals surface area contributed by atoms with E-state index < -0.39 is 12.1 Å². The van der Waals surface area contributed by atoms with Gasteiger partial charge < -0.3 is 15.3 Å². The van der Waals surface area contributed by atoms with E-state index in [1.54, 1.807) is 0 Å². The average molecular weight is 178 g/mol. The molecule has 0 aliphatic carbocycles. The van der Waals surface area contributed by atoms with Crippen molar-refractivity contribution in [3.05, 3.63) is 0 Å². The smallest absolute Gasteiger partial charge is 0.300 e. The summed E-state index contributed by atoms with van der Waals surface area (Å²) in [5.41, 5.74) is 0. The van der Waals surface area contributed by atoms with E-state index in [4.69, 9.17) is 20.1 Å². The molecule has 0 spiro atoms. The molecule has 1 atom stereocenters. The summed E-state index contributed by atoms with van der Waals surface area (Å²) in [6, 6.07) is 0. The molecule has 0 bridgehead atoms. The standard InChI is InChI=1S/C6H14O2.C2H4O2/c1-5(2)3-6(8)4-7;1-2(3)4/h5-8H,3-4H2,1-2H3;1H3,(H,3,4). The fourth-order valence-electron chi connectivity index (χ4n) is 0.619. The molecule has 0 aromatic rings. The second-order valence-corrected chi connectivity index (χ2v) is 2.98. The zero-order valence-electron chi connectivity index (χ0n) is 7.82. The maximum absolute atomic E-state index is 9.00. The van der Waals surface area contributed by atoms with Crippen molar-refractivity contribution in [2.75, 3.05) is 6.61 Å². The lowest BCUT2D eigenvalue weighted by atomic mass is 10.1. The Kier molecular flexibility index (Phi) is 9.86. The number of carbonyl (C=O) groups is 1. The van der Waals surface area contributed by atoms with E-state index in [1.165, 1.54) is 0 Å². The molecule has 0 fully saturated rings. The predicted octanol–water partition coefficient (Wildman–Crippen LogP) is 0.477. The zero-order chi connectivity index (χ0) is 10.1. The Labute approximate surface area is 72.8 Å². The molecule has 0 radical (unpaired) electrons. The van der Waals surface area contributed by atoms with Crippen LogP contribution in [0.2, 0.25) is 0 Å². The van der Waals surface area contributed by atoms with Crippen LogP contribution in [0.1, 0.15) is 27.2 Å². The number of carboxylic acids is 1. The van der Waals surface area contributed by atoms with Gasteiger partial charge in [-0.2, -0.15) is 0 Å². The molecule has 0 heterocycles. The van der Waals surface area contributed by atoms with Gasteiger partial charge in [0.05, 0.1) is 12.7 Å². The molecule has 0 amide bonds. The van der Waals surface area contributed by atoms with Crippen LogP contribution in [-0.2, 0) is 4.79 Å². The van der Waals surface area contributed by atoms with E-state index in [-0.39, 0.29) is 6.61 Å². The number of rotatable bonds is 3. The molecule has 0 saturated carbocycles. The first-order valence-corrected chi connectivity index (χ1v) is 3.88. The molecule has 0 aliphatic rings. The summed E-state index contributed by atoms with van der Waals surface area (Å²) in [5, 5.41) is 24.5. The summed E-state index contributed by atoms with van der Waals surface area (Å²) in [4.78, 5) is 9.00. The Bertz CT molecular complexity index is 108. The van der Waals surface area contributed by atoms with E-state index in [2.05, 4.69) is 0 Å². The first-order valence-electron chi connectivity index (χ1n) is 3.88. The number of aliphatic hydroxyl groups is 2. The first-order chi connectivity index (χ1) is 5.40. The topological polar surface area (TPSA) is 77.8 Å². The SMILES string of the molecule is CC(=O)O.CC(C)CC(O)CO. The minimum absolute atomic E-state index is 0.113. The van der Waals surface area contributed by atoms with Crippen LogP contribution in [0, 0.1) is 5.92 Å². The van der Waals surface area contributed by atoms with E-state index in [0.717, 1.165) is 6.92 Å². The van der Waals surface area contributed by atoms with Crippen LogP contribution in [0.25, 0.3) is 0 Å². The van der Waals surface area contributed by atoms with Crippen LogP contribution < -0.4 is 0 Å². The monoisotopic (exact) mass is 178 g/mol. The molecule has 0 aromatic heterocycles. The third-order valence-electron chi connectivity index (χ3n) is 0.954. The zero-order valence-corrected chi connectivity index (χ0v) is 7.82. The highest BCUT2D eigenvalue weighted by Gasteiger charge is 2.02. The lowest BCUT2D eigenvalue weighted by Crippen LogP contribution is -2.14. The van der Waals surface area contributed by atoms with Gasteiger partial charge in [-0.15, -0.1) is 0 Å². The van der Waals surface area contributed by atoms with Gasteiger partial charge in [0.1, 0.15) is 0 Å². The summed E-state index contributed by atoms with van der Waals surface area (Å²) in [6.45, 7) is 5.00. The highest BCUT2D eigenvalue weighted by molar-refractivity contribution is 5.62. The highest BCUT2D eigenvalue weighted by atomic mass is 16.4. The van der Waals surface area contributed by atoms with Crippen LogP contribution in [0.3, 0.4) is 0 Å². The van der Waals surface area contributed by atoms with Gasteiger partial charge in [-0.25, -0.2) is 0 Å². The van der Waals surface area contributed by atoms with Crippen molar-refractivity contribution < 1.29 is 20.1 Å². The summed E-state index contributed by atoms with van der Waals surface area (Å²) in [7, 11) is 0. The molecule has 12 heavy (non-hydrogen) atoms. The summed E-state index contributed by atoms with van der Waals surface area (Å²) in [5.74, 6) is -0.364. The van der Waals surface area contributed by atoms with E-state index in [0.29, 0.717) is 12.3 Å². The Hall–Kier alpha value is -0.610. The van der Waals surface area contributed by atoms with Crippen molar-refractivity contribution in [3.8, 4) is 0 Å². The minimum Gasteiger partial charge on any atom is -0.481 e. The average Bonchev–Trinajstić information content (AvgIpc) is 1.84. The van der Waals surface area contributed by atoms with Gasteiger partial charge >= 0.3 is 0 Å². The van der Waals surface area contributed by atoms with Crippen molar-refractivity contribution in [3.63, 3.8) is 0 Å². The second kappa shape index (κ2) is 8.49. The molecule has 1 unspecified atom stereocenters. The van der Waals surface area contributed by atoms with E-state index >= 15 is 0 Å². The normalized spacial score (nSPS) is 11.8. The van der Waals surface area contributed by atoms with Crippen molar-refractivity contribution in [1.29, 1.82) is 0 Å². The van der Waals surface area contributed by atoms with Gasteiger partial charge in [0.15, 0.2) is 0 Å². The number of carboxylic acid groups (broad SMARTS) is 1.